The number of halogens is 3. The molecular formula is C5H6F3NO3S. The van der Waals surface area contributed by atoms with Gasteiger partial charge in [0.15, 0.2) is 0 Å². The number of alkyl halides is 3. The standard InChI is InChI=1S/C5H6F3NO3S/c6-5(7,8)4(10)12-9-3-1-11-2-13-3/h3,9H,1-2H2. The molecule has 0 aromatic heterocycles. The number of rotatable bonds is 2. The predicted octanol–water partition coefficient (Wildman–Crippen LogP) is 0.643. The first-order valence-corrected chi connectivity index (χ1v) is 4.28. The van der Waals surface area contributed by atoms with Gasteiger partial charge in [0.2, 0.25) is 0 Å². The number of nitrogens with one attached hydrogen (secondary N) is 1. The molecule has 1 N–H and O–H groups in total. The van der Waals surface area contributed by atoms with Crippen LogP contribution in [0.3, 0.4) is 0 Å². The molecule has 0 aromatic carbocycles. The fourth-order valence-corrected chi connectivity index (χ4v) is 1.24. The van der Waals surface area contributed by atoms with Crippen molar-refractivity contribution < 1.29 is 27.5 Å². The Bertz CT molecular complexity index is 192. The van der Waals surface area contributed by atoms with Crippen LogP contribution in [-0.4, -0.2) is 30.1 Å². The molecule has 1 unspecified atom stereocenters. The van der Waals surface area contributed by atoms with Crippen LogP contribution in [-0.2, 0) is 14.4 Å². The Morgan fingerprint density at radius 2 is 2.31 bits per heavy atom. The fraction of sp³-hybridized carbons (Fsp3) is 0.800. The Labute approximate surface area is 75.7 Å². The lowest BCUT2D eigenvalue weighted by molar-refractivity contribution is -0.207. The van der Waals surface area contributed by atoms with E-state index in [0.29, 0.717) is 5.94 Å². The van der Waals surface area contributed by atoms with Crippen molar-refractivity contribution in [2.75, 3.05) is 12.5 Å². The van der Waals surface area contributed by atoms with Gasteiger partial charge < -0.3 is 9.57 Å². The van der Waals surface area contributed by atoms with Gasteiger partial charge in [0, 0.05) is 0 Å². The second kappa shape index (κ2) is 4.16. The van der Waals surface area contributed by atoms with E-state index in [-0.39, 0.29) is 6.61 Å². The van der Waals surface area contributed by atoms with E-state index in [0.717, 1.165) is 0 Å². The molecule has 0 aromatic rings. The Balaban J connectivity index is 2.22. The zero-order valence-electron chi connectivity index (χ0n) is 6.26. The Hall–Kier alpha value is -0.470. The normalized spacial score (nSPS) is 23.2. The molecule has 1 fully saturated rings. The van der Waals surface area contributed by atoms with Crippen molar-refractivity contribution in [1.29, 1.82) is 0 Å². The van der Waals surface area contributed by atoms with Crippen LogP contribution < -0.4 is 5.48 Å². The Kier molecular flexibility index (Phi) is 3.40. The molecule has 1 saturated heterocycles. The highest BCUT2D eigenvalue weighted by molar-refractivity contribution is 7.99. The first kappa shape index (κ1) is 10.6. The van der Waals surface area contributed by atoms with Crippen molar-refractivity contribution >= 4 is 17.7 Å². The third kappa shape index (κ3) is 3.41. The molecular weight excluding hydrogens is 211 g/mol. The summed E-state index contributed by atoms with van der Waals surface area (Å²) in [4.78, 5) is 13.9. The summed E-state index contributed by atoms with van der Waals surface area (Å²) in [6.07, 6.45) is -4.96. The molecule has 0 amide bonds. The quantitative estimate of drug-likeness (QED) is 0.688. The SMILES string of the molecule is O=C(ONC1COCS1)C(F)(F)F. The topological polar surface area (TPSA) is 47.6 Å². The zero-order valence-corrected chi connectivity index (χ0v) is 7.07. The smallest absolute Gasteiger partial charge is 0.368 e. The minimum Gasteiger partial charge on any atom is -0.368 e. The molecule has 4 nitrogen and oxygen atoms in total. The first-order valence-electron chi connectivity index (χ1n) is 3.23. The molecule has 8 heteroatoms. The molecule has 1 rings (SSSR count). The number of carbonyl (C=O) groups excluding carboxylic acids is 1. The lowest BCUT2D eigenvalue weighted by Crippen LogP contribution is -2.36. The van der Waals surface area contributed by atoms with Crippen molar-refractivity contribution in [2.24, 2.45) is 0 Å². The summed E-state index contributed by atoms with van der Waals surface area (Å²) >= 11 is 1.22. The minimum atomic E-state index is -4.96. The number of carbonyl (C=O) groups is 1. The van der Waals surface area contributed by atoms with E-state index in [2.05, 4.69) is 4.84 Å². The van der Waals surface area contributed by atoms with Crippen LogP contribution in [0.25, 0.3) is 0 Å². The summed E-state index contributed by atoms with van der Waals surface area (Å²) in [7, 11) is 0. The molecule has 0 bridgehead atoms. The number of hydrogen-bond acceptors (Lipinski definition) is 5. The molecule has 13 heavy (non-hydrogen) atoms. The summed E-state index contributed by atoms with van der Waals surface area (Å²) < 4.78 is 39.5. The summed E-state index contributed by atoms with van der Waals surface area (Å²) in [5.74, 6) is -1.87. The van der Waals surface area contributed by atoms with Crippen LogP contribution in [0, 0.1) is 0 Å². The van der Waals surface area contributed by atoms with E-state index in [1.807, 2.05) is 5.48 Å². The highest BCUT2D eigenvalue weighted by Gasteiger charge is 2.41. The van der Waals surface area contributed by atoms with Gasteiger partial charge in [-0.25, -0.2) is 4.79 Å². The monoisotopic (exact) mass is 217 g/mol. The van der Waals surface area contributed by atoms with Crippen LogP contribution in [0.1, 0.15) is 0 Å². The highest BCUT2D eigenvalue weighted by Crippen LogP contribution is 2.19. The lowest BCUT2D eigenvalue weighted by Gasteiger charge is -2.10. The number of hydrogen-bond donors (Lipinski definition) is 1. The van der Waals surface area contributed by atoms with Crippen LogP contribution in [0.5, 0.6) is 0 Å². The molecule has 1 heterocycles. The molecule has 1 atom stereocenters. The van der Waals surface area contributed by atoms with Gasteiger partial charge in [-0.05, 0) is 0 Å². The van der Waals surface area contributed by atoms with Gasteiger partial charge in [0.05, 0.1) is 12.5 Å². The van der Waals surface area contributed by atoms with Gasteiger partial charge in [-0.2, -0.15) is 13.2 Å². The third-order valence-electron chi connectivity index (χ3n) is 1.14. The van der Waals surface area contributed by atoms with Crippen LogP contribution in [0.15, 0.2) is 0 Å². The average molecular weight is 217 g/mol. The maximum atomic E-state index is 11.6. The van der Waals surface area contributed by atoms with Crippen molar-refractivity contribution in [1.82, 2.24) is 5.48 Å². The Morgan fingerprint density at radius 3 is 2.77 bits per heavy atom. The lowest BCUT2D eigenvalue weighted by atomic mass is 10.7. The zero-order chi connectivity index (χ0) is 9.90. The van der Waals surface area contributed by atoms with Gasteiger partial charge in [0.1, 0.15) is 5.37 Å². The number of ether oxygens (including phenoxy) is 1. The molecule has 0 radical (unpaired) electrons. The third-order valence-corrected chi connectivity index (χ3v) is 2.07. The maximum Gasteiger partial charge on any atom is 0.492 e. The molecule has 1 aliphatic heterocycles. The predicted molar refractivity (Wildman–Crippen MR) is 37.5 cm³/mol. The van der Waals surface area contributed by atoms with Crippen LogP contribution >= 0.6 is 11.8 Å². The van der Waals surface area contributed by atoms with E-state index < -0.39 is 17.5 Å². The van der Waals surface area contributed by atoms with Crippen LogP contribution in [0.4, 0.5) is 13.2 Å². The molecule has 0 spiro atoms. The van der Waals surface area contributed by atoms with Crippen molar-refractivity contribution in [2.45, 2.75) is 11.6 Å². The summed E-state index contributed by atoms with van der Waals surface area (Å²) in [5.41, 5.74) is 1.96. The molecule has 0 saturated carbocycles. The van der Waals surface area contributed by atoms with E-state index in [9.17, 15) is 18.0 Å². The van der Waals surface area contributed by atoms with Crippen molar-refractivity contribution in [3.63, 3.8) is 0 Å². The van der Waals surface area contributed by atoms with E-state index in [1.54, 1.807) is 0 Å². The second-order valence-electron chi connectivity index (χ2n) is 2.15. The highest BCUT2D eigenvalue weighted by atomic mass is 32.2. The fourth-order valence-electron chi connectivity index (χ4n) is 0.579. The Morgan fingerprint density at radius 1 is 1.62 bits per heavy atom. The second-order valence-corrected chi connectivity index (χ2v) is 3.29. The first-order chi connectivity index (χ1) is 6.00. The number of hydroxylamine groups is 1. The molecule has 0 aliphatic carbocycles. The van der Waals surface area contributed by atoms with Gasteiger partial charge in [-0.1, -0.05) is 0 Å². The van der Waals surface area contributed by atoms with Gasteiger partial charge in [-0.15, -0.1) is 17.2 Å². The number of thioether (sulfide) groups is 1. The van der Waals surface area contributed by atoms with Crippen LogP contribution in [0.2, 0.25) is 0 Å². The molecule has 76 valence electrons. The summed E-state index contributed by atoms with van der Waals surface area (Å²) in [5, 5.41) is -0.425. The van der Waals surface area contributed by atoms with Crippen molar-refractivity contribution in [3.05, 3.63) is 0 Å². The average Bonchev–Trinajstić information content (AvgIpc) is 2.50. The van der Waals surface area contributed by atoms with Crippen molar-refractivity contribution in [3.8, 4) is 0 Å². The van der Waals surface area contributed by atoms with Gasteiger partial charge in [0.25, 0.3) is 0 Å². The maximum absolute atomic E-state index is 11.6. The van der Waals surface area contributed by atoms with E-state index in [1.165, 1.54) is 11.8 Å². The minimum absolute atomic E-state index is 0.218. The van der Waals surface area contributed by atoms with Gasteiger partial charge in [-0.3, -0.25) is 0 Å². The summed E-state index contributed by atoms with van der Waals surface area (Å²) in [6.45, 7) is 0.218. The largest absolute Gasteiger partial charge is 0.492 e. The van der Waals surface area contributed by atoms with E-state index in [4.69, 9.17) is 4.74 Å². The summed E-state index contributed by atoms with van der Waals surface area (Å²) in [6, 6.07) is 0. The molecule has 1 aliphatic rings. The van der Waals surface area contributed by atoms with E-state index >= 15 is 0 Å². The van der Waals surface area contributed by atoms with Gasteiger partial charge >= 0.3 is 12.1 Å².